The molecule has 2 aliphatic heterocycles. The Hall–Kier alpha value is -3.54. The zero-order chi connectivity index (χ0) is 30.2. The maximum absolute atomic E-state index is 13.5. The Morgan fingerprint density at radius 1 is 1.00 bits per heavy atom. The topological polar surface area (TPSA) is 88.5 Å². The monoisotopic (exact) mass is 618 g/mol. The van der Waals surface area contributed by atoms with Gasteiger partial charge < -0.3 is 19.3 Å². The summed E-state index contributed by atoms with van der Waals surface area (Å²) in [5, 5.41) is 9.14. The average Bonchev–Trinajstić information content (AvgIpc) is 3.29. The smallest absolute Gasteiger partial charge is 0.335 e. The number of hydrogen-bond donors (Lipinski definition) is 1. The van der Waals surface area contributed by atoms with Crippen LogP contribution in [0.2, 0.25) is 0 Å². The largest absolute Gasteiger partial charge is 0.492 e. The van der Waals surface area contributed by atoms with E-state index in [9.17, 15) is 9.59 Å². The summed E-state index contributed by atoms with van der Waals surface area (Å²) < 4.78 is 17.5. The maximum atomic E-state index is 13.5. The summed E-state index contributed by atoms with van der Waals surface area (Å²) in [7, 11) is 1.68. The number of morpholine rings is 1. The van der Waals surface area contributed by atoms with E-state index in [0.29, 0.717) is 41.2 Å². The van der Waals surface area contributed by atoms with Gasteiger partial charge in [-0.1, -0.05) is 66.4 Å². The molecule has 0 radical (unpaired) electrons. The van der Waals surface area contributed by atoms with Crippen LogP contribution in [0.15, 0.2) is 71.6 Å². The van der Waals surface area contributed by atoms with E-state index >= 15 is 0 Å². The van der Waals surface area contributed by atoms with Gasteiger partial charge in [0.1, 0.15) is 16.7 Å². The van der Waals surface area contributed by atoms with Crippen molar-refractivity contribution in [2.45, 2.75) is 13.0 Å². The first-order valence-electron chi connectivity index (χ1n) is 14.1. The highest BCUT2D eigenvalue weighted by atomic mass is 32.2. The second-order valence-corrected chi connectivity index (χ2v) is 11.9. The van der Waals surface area contributed by atoms with Crippen LogP contribution in [0.1, 0.15) is 27.0 Å². The van der Waals surface area contributed by atoms with Crippen molar-refractivity contribution in [3.8, 4) is 16.9 Å². The number of rotatable bonds is 12. The molecule has 0 aliphatic carbocycles. The summed E-state index contributed by atoms with van der Waals surface area (Å²) in [4.78, 5) is 29.1. The van der Waals surface area contributed by atoms with Crippen molar-refractivity contribution in [1.29, 1.82) is 0 Å². The van der Waals surface area contributed by atoms with Gasteiger partial charge in [-0.15, -0.1) is 0 Å². The van der Waals surface area contributed by atoms with Crippen LogP contribution in [0.4, 0.5) is 0 Å². The third kappa shape index (κ3) is 8.10. The second-order valence-electron chi connectivity index (χ2n) is 10.3. The van der Waals surface area contributed by atoms with Gasteiger partial charge in [0.25, 0.3) is 5.91 Å². The first-order chi connectivity index (χ1) is 20.9. The van der Waals surface area contributed by atoms with Crippen molar-refractivity contribution in [3.05, 3.63) is 93.9 Å². The number of hydrogen-bond acceptors (Lipinski definition) is 8. The van der Waals surface area contributed by atoms with E-state index < -0.39 is 5.97 Å². The van der Waals surface area contributed by atoms with Gasteiger partial charge in [0.05, 0.1) is 30.3 Å². The molecular formula is C33H34N2O6S2. The Kier molecular flexibility index (Phi) is 10.6. The minimum Gasteiger partial charge on any atom is -0.492 e. The number of thiocarbonyl (C=S) groups is 1. The lowest BCUT2D eigenvalue weighted by molar-refractivity contribution is -0.122. The SMILES string of the molecule is COCc1ccc(-c2ccc(OCCN3CCOCC3)c(C=C3SC(=S)N(CCc4ccc(C(=O)O)cc4)C3=O)c2)cc1. The van der Waals surface area contributed by atoms with Crippen molar-refractivity contribution in [1.82, 2.24) is 9.80 Å². The van der Waals surface area contributed by atoms with Crippen LogP contribution in [0, 0.1) is 0 Å². The lowest BCUT2D eigenvalue weighted by Gasteiger charge is -2.26. The summed E-state index contributed by atoms with van der Waals surface area (Å²) in [6.07, 6.45) is 2.43. The standard InChI is InChI=1S/C33H34N2O6S2/c1-39-22-24-4-6-25(7-5-24)27-10-11-29(41-19-16-34-14-17-40-18-15-34)28(20-27)21-30-31(36)35(33(42)43-30)13-12-23-2-8-26(9-3-23)32(37)38/h2-11,20-21H,12-19,22H2,1H3,(H,37,38). The Morgan fingerprint density at radius 3 is 2.40 bits per heavy atom. The number of benzene rings is 3. The van der Waals surface area contributed by atoms with Crippen LogP contribution in [0.25, 0.3) is 17.2 Å². The Bertz CT molecular complexity index is 1480. The van der Waals surface area contributed by atoms with E-state index in [-0.39, 0.29) is 11.5 Å². The number of thioether (sulfide) groups is 1. The Morgan fingerprint density at radius 2 is 1.70 bits per heavy atom. The van der Waals surface area contributed by atoms with Crippen LogP contribution in [-0.4, -0.2) is 84.2 Å². The van der Waals surface area contributed by atoms with Gasteiger partial charge in [-0.2, -0.15) is 0 Å². The van der Waals surface area contributed by atoms with Gasteiger partial charge in [0, 0.05) is 38.9 Å². The van der Waals surface area contributed by atoms with Crippen molar-refractivity contribution in [2.75, 3.05) is 53.1 Å². The summed E-state index contributed by atoms with van der Waals surface area (Å²) in [5.41, 5.74) is 5.13. The van der Waals surface area contributed by atoms with Crippen LogP contribution < -0.4 is 4.74 Å². The molecular weight excluding hydrogens is 585 g/mol. The van der Waals surface area contributed by atoms with Crippen molar-refractivity contribution in [2.24, 2.45) is 0 Å². The van der Waals surface area contributed by atoms with E-state index in [1.807, 2.05) is 36.4 Å². The van der Waals surface area contributed by atoms with Crippen LogP contribution in [0.5, 0.6) is 5.75 Å². The summed E-state index contributed by atoms with van der Waals surface area (Å²) in [5.74, 6) is -0.409. The van der Waals surface area contributed by atoms with Crippen molar-refractivity contribution >= 4 is 46.3 Å². The van der Waals surface area contributed by atoms with E-state index in [0.717, 1.165) is 60.7 Å². The zero-order valence-electron chi connectivity index (χ0n) is 24.0. The molecule has 1 amide bonds. The van der Waals surface area contributed by atoms with Crippen molar-refractivity contribution in [3.63, 3.8) is 0 Å². The first kappa shape index (κ1) is 30.9. The van der Waals surface area contributed by atoms with E-state index in [1.54, 1.807) is 36.3 Å². The molecule has 1 N–H and O–H groups in total. The molecule has 10 heteroatoms. The summed E-state index contributed by atoms with van der Waals surface area (Å²) in [6, 6.07) is 20.9. The third-order valence-electron chi connectivity index (χ3n) is 7.36. The fourth-order valence-corrected chi connectivity index (χ4v) is 6.23. The van der Waals surface area contributed by atoms with Crippen LogP contribution in [0.3, 0.4) is 0 Å². The number of amides is 1. The molecule has 2 heterocycles. The highest BCUT2D eigenvalue weighted by molar-refractivity contribution is 8.26. The lowest BCUT2D eigenvalue weighted by atomic mass is 10.0. The number of carbonyl (C=O) groups excluding carboxylic acids is 1. The highest BCUT2D eigenvalue weighted by Gasteiger charge is 2.32. The molecule has 0 unspecified atom stereocenters. The molecule has 0 aromatic heterocycles. The normalized spacial score (nSPS) is 16.7. The lowest BCUT2D eigenvalue weighted by Crippen LogP contribution is -2.38. The number of carbonyl (C=O) groups is 2. The molecule has 8 nitrogen and oxygen atoms in total. The van der Waals surface area contributed by atoms with E-state index in [4.69, 9.17) is 31.5 Å². The van der Waals surface area contributed by atoms with Gasteiger partial charge in [-0.25, -0.2) is 4.79 Å². The van der Waals surface area contributed by atoms with Gasteiger partial charge >= 0.3 is 5.97 Å². The molecule has 3 aromatic rings. The minimum absolute atomic E-state index is 0.147. The van der Waals surface area contributed by atoms with Gasteiger partial charge in [0.2, 0.25) is 0 Å². The highest BCUT2D eigenvalue weighted by Crippen LogP contribution is 2.36. The van der Waals surface area contributed by atoms with Gasteiger partial charge in [0.15, 0.2) is 0 Å². The van der Waals surface area contributed by atoms with Crippen molar-refractivity contribution < 1.29 is 28.9 Å². The Balaban J connectivity index is 1.34. The molecule has 2 aliphatic rings. The molecule has 5 rings (SSSR count). The number of nitrogens with zero attached hydrogens (tertiary/aromatic N) is 2. The fourth-order valence-electron chi connectivity index (χ4n) is 4.93. The maximum Gasteiger partial charge on any atom is 0.335 e. The van der Waals surface area contributed by atoms with E-state index in [2.05, 4.69) is 17.0 Å². The van der Waals surface area contributed by atoms with Gasteiger partial charge in [-0.3, -0.25) is 14.6 Å². The number of methoxy groups -OCH3 is 1. The predicted molar refractivity (Wildman–Crippen MR) is 172 cm³/mol. The molecule has 2 fully saturated rings. The molecule has 0 saturated carbocycles. The number of aromatic carboxylic acids is 1. The zero-order valence-corrected chi connectivity index (χ0v) is 25.6. The summed E-state index contributed by atoms with van der Waals surface area (Å²) >= 11 is 6.87. The number of carboxylic acids is 1. The average molecular weight is 619 g/mol. The molecule has 2 saturated heterocycles. The van der Waals surface area contributed by atoms with E-state index in [1.165, 1.54) is 11.8 Å². The molecule has 0 spiro atoms. The predicted octanol–water partition coefficient (Wildman–Crippen LogP) is 5.35. The number of ether oxygens (including phenoxy) is 3. The number of carboxylic acid groups (broad SMARTS) is 1. The molecule has 3 aromatic carbocycles. The molecule has 0 bridgehead atoms. The summed E-state index contributed by atoms with van der Waals surface area (Å²) in [6.45, 7) is 5.52. The second kappa shape index (κ2) is 14.8. The Labute approximate surface area is 261 Å². The minimum atomic E-state index is -0.967. The van der Waals surface area contributed by atoms with Gasteiger partial charge in [-0.05, 0) is 59.0 Å². The fraction of sp³-hybridized carbons (Fsp3) is 0.303. The first-order valence-corrected chi connectivity index (χ1v) is 15.4. The molecule has 0 atom stereocenters. The van der Waals surface area contributed by atoms with Crippen LogP contribution in [-0.2, 0) is 27.3 Å². The molecule has 224 valence electrons. The molecule has 43 heavy (non-hydrogen) atoms. The van der Waals surface area contributed by atoms with Crippen LogP contribution >= 0.6 is 24.0 Å². The third-order valence-corrected chi connectivity index (χ3v) is 8.74. The quantitative estimate of drug-likeness (QED) is 0.213.